The monoisotopic (exact) mass is 475 g/mol. The SMILES string of the molecule is O=C(/C=C/c1nc2ccccc2[nH]1)c1c(-c2ccccc2)c2cc(OC(F)(F)F)ccc2[nH]c1=O. The van der Waals surface area contributed by atoms with Crippen LogP contribution in [0.4, 0.5) is 13.2 Å². The summed E-state index contributed by atoms with van der Waals surface area (Å²) in [6, 6.07) is 19.4. The summed E-state index contributed by atoms with van der Waals surface area (Å²) in [5.74, 6) is -0.682. The molecule has 0 saturated carbocycles. The van der Waals surface area contributed by atoms with Crippen LogP contribution in [0, 0.1) is 0 Å². The molecular formula is C26H16F3N3O3. The van der Waals surface area contributed by atoms with Crippen LogP contribution in [0.3, 0.4) is 0 Å². The number of halogens is 3. The number of ether oxygens (including phenoxy) is 1. The smallest absolute Gasteiger partial charge is 0.406 e. The van der Waals surface area contributed by atoms with Gasteiger partial charge in [-0.2, -0.15) is 0 Å². The molecule has 0 atom stereocenters. The van der Waals surface area contributed by atoms with Gasteiger partial charge in [-0.25, -0.2) is 4.98 Å². The molecule has 2 N–H and O–H groups in total. The lowest BCUT2D eigenvalue weighted by atomic mass is 9.94. The molecule has 0 bridgehead atoms. The molecule has 0 unspecified atom stereocenters. The van der Waals surface area contributed by atoms with Crippen molar-refractivity contribution in [1.29, 1.82) is 0 Å². The Bertz CT molecular complexity index is 1620. The number of rotatable bonds is 5. The van der Waals surface area contributed by atoms with Crippen LogP contribution in [0.1, 0.15) is 16.2 Å². The summed E-state index contributed by atoms with van der Waals surface area (Å²) in [5.41, 5.74) is 1.58. The fraction of sp³-hybridized carbons (Fsp3) is 0.0385. The van der Waals surface area contributed by atoms with Gasteiger partial charge < -0.3 is 14.7 Å². The van der Waals surface area contributed by atoms with Gasteiger partial charge in [0.1, 0.15) is 11.6 Å². The third-order valence-corrected chi connectivity index (χ3v) is 5.33. The molecule has 0 amide bonds. The van der Waals surface area contributed by atoms with Gasteiger partial charge in [-0.1, -0.05) is 42.5 Å². The Hall–Kier alpha value is -4.66. The average molecular weight is 475 g/mol. The van der Waals surface area contributed by atoms with E-state index in [0.717, 1.165) is 17.6 Å². The summed E-state index contributed by atoms with van der Waals surface area (Å²) < 4.78 is 42.5. The Kier molecular flexibility index (Phi) is 5.44. The Morgan fingerprint density at radius 2 is 1.66 bits per heavy atom. The highest BCUT2D eigenvalue weighted by atomic mass is 19.4. The van der Waals surface area contributed by atoms with E-state index in [1.165, 1.54) is 18.2 Å². The standard InChI is InChI=1S/C26H16F3N3O3/c27-26(28,29)35-16-10-11-18-17(14-16)23(15-6-2-1-3-7-15)24(25(34)32-18)21(33)12-13-22-30-19-8-4-5-9-20(19)31-22/h1-14H,(H,30,31)(H,32,34)/b13-12+. The molecule has 0 radical (unpaired) electrons. The summed E-state index contributed by atoms with van der Waals surface area (Å²) in [6.45, 7) is 0. The molecular weight excluding hydrogens is 459 g/mol. The number of H-pyrrole nitrogens is 2. The minimum Gasteiger partial charge on any atom is -0.406 e. The van der Waals surface area contributed by atoms with Crippen molar-refractivity contribution in [3.05, 3.63) is 101 Å². The van der Waals surface area contributed by atoms with Crippen molar-refractivity contribution in [2.75, 3.05) is 0 Å². The lowest BCUT2D eigenvalue weighted by Gasteiger charge is -2.14. The number of nitrogens with one attached hydrogen (secondary N) is 2. The Morgan fingerprint density at radius 3 is 2.40 bits per heavy atom. The second-order valence-electron chi connectivity index (χ2n) is 7.66. The van der Waals surface area contributed by atoms with Gasteiger partial charge in [0, 0.05) is 16.5 Å². The van der Waals surface area contributed by atoms with Gasteiger partial charge in [-0.05, 0) is 48.0 Å². The quantitative estimate of drug-likeness (QED) is 0.246. The maximum Gasteiger partial charge on any atom is 0.573 e. The first kappa shape index (κ1) is 22.1. The first-order valence-corrected chi connectivity index (χ1v) is 10.5. The summed E-state index contributed by atoms with van der Waals surface area (Å²) in [5, 5.41) is 0.234. The minimum absolute atomic E-state index is 0.205. The highest BCUT2D eigenvalue weighted by Gasteiger charge is 2.31. The fourth-order valence-electron chi connectivity index (χ4n) is 3.90. The topological polar surface area (TPSA) is 87.8 Å². The molecule has 2 aromatic heterocycles. The van der Waals surface area contributed by atoms with Crippen molar-refractivity contribution in [3.8, 4) is 16.9 Å². The second-order valence-corrected chi connectivity index (χ2v) is 7.66. The zero-order chi connectivity index (χ0) is 24.6. The molecule has 35 heavy (non-hydrogen) atoms. The third-order valence-electron chi connectivity index (χ3n) is 5.33. The van der Waals surface area contributed by atoms with Gasteiger partial charge in [-0.3, -0.25) is 9.59 Å². The van der Waals surface area contributed by atoms with Crippen LogP contribution in [0.2, 0.25) is 0 Å². The van der Waals surface area contributed by atoms with Gasteiger partial charge in [-0.15, -0.1) is 13.2 Å². The number of carbonyl (C=O) groups is 1. The van der Waals surface area contributed by atoms with E-state index >= 15 is 0 Å². The number of para-hydroxylation sites is 2. The van der Waals surface area contributed by atoms with Gasteiger partial charge in [0.2, 0.25) is 0 Å². The van der Waals surface area contributed by atoms with Crippen LogP contribution in [0.25, 0.3) is 39.1 Å². The van der Waals surface area contributed by atoms with E-state index in [2.05, 4.69) is 19.7 Å². The molecule has 9 heteroatoms. The lowest BCUT2D eigenvalue weighted by molar-refractivity contribution is -0.274. The number of benzene rings is 3. The average Bonchev–Trinajstić information content (AvgIpc) is 3.24. The summed E-state index contributed by atoms with van der Waals surface area (Å²) in [4.78, 5) is 36.3. The first-order chi connectivity index (χ1) is 16.8. The largest absolute Gasteiger partial charge is 0.573 e. The number of aromatic amines is 2. The van der Waals surface area contributed by atoms with Crippen molar-refractivity contribution in [2.45, 2.75) is 6.36 Å². The maximum absolute atomic E-state index is 13.2. The normalized spacial score (nSPS) is 12.0. The van der Waals surface area contributed by atoms with Crippen molar-refractivity contribution in [3.63, 3.8) is 0 Å². The van der Waals surface area contributed by atoms with Crippen molar-refractivity contribution >= 4 is 33.8 Å². The van der Waals surface area contributed by atoms with Crippen molar-refractivity contribution < 1.29 is 22.7 Å². The van der Waals surface area contributed by atoms with Crippen LogP contribution in [0.5, 0.6) is 5.75 Å². The number of pyridine rings is 1. The van der Waals surface area contributed by atoms with E-state index in [-0.39, 0.29) is 22.0 Å². The van der Waals surface area contributed by atoms with Crippen molar-refractivity contribution in [1.82, 2.24) is 15.0 Å². The second kappa shape index (κ2) is 8.60. The van der Waals surface area contributed by atoms with E-state index in [1.54, 1.807) is 30.3 Å². The summed E-state index contributed by atoms with van der Waals surface area (Å²) >= 11 is 0. The number of fused-ring (bicyclic) bond motifs is 2. The molecule has 174 valence electrons. The molecule has 0 aliphatic heterocycles. The van der Waals surface area contributed by atoms with Crippen LogP contribution >= 0.6 is 0 Å². The number of aromatic nitrogens is 3. The molecule has 0 aliphatic carbocycles. The summed E-state index contributed by atoms with van der Waals surface area (Å²) in [7, 11) is 0. The lowest BCUT2D eigenvalue weighted by Crippen LogP contribution is -2.19. The van der Waals surface area contributed by atoms with Crippen LogP contribution in [-0.2, 0) is 0 Å². The highest BCUT2D eigenvalue weighted by Crippen LogP contribution is 2.33. The van der Waals surface area contributed by atoms with Crippen molar-refractivity contribution in [2.24, 2.45) is 0 Å². The molecule has 0 aliphatic rings. The molecule has 3 aromatic carbocycles. The Balaban J connectivity index is 1.66. The molecule has 5 rings (SSSR count). The zero-order valence-corrected chi connectivity index (χ0v) is 17.9. The number of allylic oxidation sites excluding steroid dienone is 1. The summed E-state index contributed by atoms with van der Waals surface area (Å²) in [6.07, 6.45) is -2.24. The number of imidazole rings is 1. The van der Waals surface area contributed by atoms with Gasteiger partial charge >= 0.3 is 6.36 Å². The van der Waals surface area contributed by atoms with Gasteiger partial charge in [0.15, 0.2) is 5.78 Å². The fourth-order valence-corrected chi connectivity index (χ4v) is 3.90. The van der Waals surface area contributed by atoms with Gasteiger partial charge in [0.25, 0.3) is 5.56 Å². The minimum atomic E-state index is -4.89. The maximum atomic E-state index is 13.2. The molecule has 5 aromatic rings. The Morgan fingerprint density at radius 1 is 0.914 bits per heavy atom. The predicted octanol–water partition coefficient (Wildman–Crippen LogP) is 5.87. The molecule has 2 heterocycles. The van der Waals surface area contributed by atoms with E-state index in [9.17, 15) is 22.8 Å². The highest BCUT2D eigenvalue weighted by molar-refractivity contribution is 6.15. The third kappa shape index (κ3) is 4.56. The van der Waals surface area contributed by atoms with Crippen LogP contribution in [-0.4, -0.2) is 27.1 Å². The molecule has 0 spiro atoms. The first-order valence-electron chi connectivity index (χ1n) is 10.5. The number of hydrogen-bond acceptors (Lipinski definition) is 4. The number of hydrogen-bond donors (Lipinski definition) is 2. The van der Waals surface area contributed by atoms with Gasteiger partial charge in [0.05, 0.1) is 16.6 Å². The number of carbonyl (C=O) groups excluding carboxylic acids is 1. The van der Waals surface area contributed by atoms with E-state index in [4.69, 9.17) is 0 Å². The van der Waals surface area contributed by atoms with Crippen LogP contribution < -0.4 is 10.3 Å². The zero-order valence-electron chi connectivity index (χ0n) is 17.9. The number of ketones is 1. The van der Waals surface area contributed by atoms with E-state index in [0.29, 0.717) is 16.9 Å². The predicted molar refractivity (Wildman–Crippen MR) is 126 cm³/mol. The Labute approximate surface area is 195 Å². The van der Waals surface area contributed by atoms with E-state index in [1.807, 2.05) is 24.3 Å². The number of alkyl halides is 3. The number of nitrogens with zero attached hydrogens (tertiary/aromatic N) is 1. The molecule has 6 nitrogen and oxygen atoms in total. The molecule has 0 fully saturated rings. The molecule has 0 saturated heterocycles. The van der Waals surface area contributed by atoms with E-state index < -0.39 is 23.5 Å². The van der Waals surface area contributed by atoms with Crippen LogP contribution in [0.15, 0.2) is 83.7 Å².